The average molecular weight is 348 g/mol. The number of piperidine rings is 1. The van der Waals surface area contributed by atoms with Crippen LogP contribution in [0.2, 0.25) is 0 Å². The van der Waals surface area contributed by atoms with Crippen molar-refractivity contribution in [1.82, 2.24) is 14.9 Å². The molecule has 0 radical (unpaired) electrons. The summed E-state index contributed by atoms with van der Waals surface area (Å²) in [6.07, 6.45) is 4.58. The van der Waals surface area contributed by atoms with E-state index in [9.17, 15) is 4.79 Å². The number of hydrogen-bond donors (Lipinski definition) is 1. The van der Waals surface area contributed by atoms with Crippen LogP contribution in [-0.4, -0.2) is 28.0 Å². The Balaban J connectivity index is 1.87. The maximum absolute atomic E-state index is 12.7. The van der Waals surface area contributed by atoms with Gasteiger partial charge in [0.25, 0.3) is 5.56 Å². The molecule has 0 spiro atoms. The van der Waals surface area contributed by atoms with Crippen molar-refractivity contribution in [2.45, 2.75) is 59.9 Å². The second-order valence-electron chi connectivity index (χ2n) is 7.51. The van der Waals surface area contributed by atoms with Gasteiger partial charge in [0.2, 0.25) is 0 Å². The lowest BCUT2D eigenvalue weighted by molar-refractivity contribution is 0.181. The number of nitrogens with zero attached hydrogens (tertiary/aromatic N) is 2. The van der Waals surface area contributed by atoms with Gasteiger partial charge in [0.15, 0.2) is 0 Å². The molecule has 0 bridgehead atoms. The Morgan fingerprint density at radius 3 is 2.75 bits per heavy atom. The van der Waals surface area contributed by atoms with E-state index in [1.165, 1.54) is 23.3 Å². The van der Waals surface area contributed by atoms with Crippen LogP contribution in [0.1, 0.15) is 56.3 Å². The molecule has 0 saturated carbocycles. The topological polar surface area (TPSA) is 49.0 Å². The molecule has 1 atom stereocenters. The summed E-state index contributed by atoms with van der Waals surface area (Å²) in [7, 11) is 0. The van der Waals surface area contributed by atoms with Crippen LogP contribution in [-0.2, 0) is 13.0 Å². The van der Waals surface area contributed by atoms with Crippen molar-refractivity contribution >= 4 is 21.6 Å². The highest BCUT2D eigenvalue weighted by Crippen LogP contribution is 2.29. The fourth-order valence-corrected chi connectivity index (χ4v) is 4.54. The molecule has 2 aromatic rings. The Bertz CT molecular complexity index is 756. The van der Waals surface area contributed by atoms with Gasteiger partial charge < -0.3 is 4.98 Å². The Morgan fingerprint density at radius 2 is 2.08 bits per heavy atom. The highest BCUT2D eigenvalue weighted by atomic mass is 32.1. The van der Waals surface area contributed by atoms with Crippen LogP contribution in [0.5, 0.6) is 0 Å². The highest BCUT2D eigenvalue weighted by Gasteiger charge is 2.19. The Morgan fingerprint density at radius 1 is 1.38 bits per heavy atom. The molecule has 0 amide bonds. The second-order valence-corrected chi connectivity index (χ2v) is 8.71. The van der Waals surface area contributed by atoms with Crippen LogP contribution in [0.3, 0.4) is 0 Å². The number of aromatic amines is 1. The van der Waals surface area contributed by atoms with Gasteiger partial charge in [-0.3, -0.25) is 9.69 Å². The zero-order valence-electron chi connectivity index (χ0n) is 15.3. The molecule has 1 saturated heterocycles. The summed E-state index contributed by atoms with van der Waals surface area (Å²) >= 11 is 1.67. The number of likely N-dealkylation sites (tertiary alicyclic amines) is 1. The van der Waals surface area contributed by atoms with E-state index in [2.05, 4.69) is 37.6 Å². The van der Waals surface area contributed by atoms with Gasteiger partial charge in [0, 0.05) is 4.88 Å². The predicted octanol–water partition coefficient (Wildman–Crippen LogP) is 4.11. The zero-order chi connectivity index (χ0) is 17.3. The Kier molecular flexibility index (Phi) is 5.40. The maximum atomic E-state index is 12.7. The normalized spacial score (nSPS) is 18.3. The van der Waals surface area contributed by atoms with Crippen molar-refractivity contribution in [3.63, 3.8) is 0 Å². The van der Waals surface area contributed by atoms with Crippen LogP contribution in [0, 0.1) is 18.8 Å². The van der Waals surface area contributed by atoms with E-state index >= 15 is 0 Å². The minimum absolute atomic E-state index is 0.0445. The molecule has 1 fully saturated rings. The number of nitrogens with one attached hydrogen (secondary N) is 1. The first-order valence-corrected chi connectivity index (χ1v) is 10.0. The lowest BCUT2D eigenvalue weighted by atomic mass is 9.98. The van der Waals surface area contributed by atoms with E-state index in [1.54, 1.807) is 11.3 Å². The average Bonchev–Trinajstić information content (AvgIpc) is 2.85. The quantitative estimate of drug-likeness (QED) is 0.885. The van der Waals surface area contributed by atoms with E-state index in [0.717, 1.165) is 54.4 Å². The lowest BCUT2D eigenvalue weighted by Crippen LogP contribution is -2.33. The minimum Gasteiger partial charge on any atom is -0.309 e. The van der Waals surface area contributed by atoms with Crippen molar-refractivity contribution in [1.29, 1.82) is 0 Å². The van der Waals surface area contributed by atoms with Gasteiger partial charge in [-0.25, -0.2) is 4.98 Å². The lowest BCUT2D eigenvalue weighted by Gasteiger charge is -2.29. The summed E-state index contributed by atoms with van der Waals surface area (Å²) in [5.74, 6) is 2.23. The molecule has 1 aliphatic heterocycles. The van der Waals surface area contributed by atoms with E-state index in [1.807, 2.05) is 0 Å². The minimum atomic E-state index is 0.0445. The first-order valence-electron chi connectivity index (χ1n) is 9.21. The van der Waals surface area contributed by atoms with Crippen molar-refractivity contribution in [3.05, 3.63) is 26.6 Å². The summed E-state index contributed by atoms with van der Waals surface area (Å²) in [4.78, 5) is 25.1. The summed E-state index contributed by atoms with van der Waals surface area (Å²) in [6, 6.07) is 0. The molecule has 132 valence electrons. The Labute approximate surface area is 148 Å². The van der Waals surface area contributed by atoms with Gasteiger partial charge in [-0.2, -0.15) is 0 Å². The third-order valence-electron chi connectivity index (χ3n) is 5.41. The third kappa shape index (κ3) is 3.72. The summed E-state index contributed by atoms with van der Waals surface area (Å²) in [6.45, 7) is 11.9. The molecular weight excluding hydrogens is 318 g/mol. The van der Waals surface area contributed by atoms with Gasteiger partial charge in [0.05, 0.1) is 11.9 Å². The zero-order valence-corrected chi connectivity index (χ0v) is 16.1. The molecule has 1 aliphatic rings. The first-order chi connectivity index (χ1) is 11.5. The number of aryl methyl sites for hydroxylation is 1. The molecule has 0 aliphatic carbocycles. The fraction of sp³-hybridized carbons (Fsp3) is 0.684. The van der Waals surface area contributed by atoms with Gasteiger partial charge in [-0.15, -0.1) is 11.3 Å². The van der Waals surface area contributed by atoms with Crippen molar-refractivity contribution in [2.75, 3.05) is 13.1 Å². The van der Waals surface area contributed by atoms with E-state index < -0.39 is 0 Å². The van der Waals surface area contributed by atoms with Crippen molar-refractivity contribution in [2.24, 2.45) is 11.8 Å². The van der Waals surface area contributed by atoms with Gasteiger partial charge in [-0.05, 0) is 56.7 Å². The molecular formula is C19H29N3OS. The maximum Gasteiger partial charge on any atom is 0.259 e. The van der Waals surface area contributed by atoms with Crippen molar-refractivity contribution < 1.29 is 0 Å². The summed E-state index contributed by atoms with van der Waals surface area (Å²) < 4.78 is 0. The van der Waals surface area contributed by atoms with Crippen molar-refractivity contribution in [3.8, 4) is 0 Å². The van der Waals surface area contributed by atoms with Gasteiger partial charge in [0.1, 0.15) is 10.7 Å². The van der Waals surface area contributed by atoms with Crippen LogP contribution in [0.15, 0.2) is 4.79 Å². The van der Waals surface area contributed by atoms with Crippen LogP contribution in [0.25, 0.3) is 10.2 Å². The van der Waals surface area contributed by atoms with E-state index in [-0.39, 0.29) is 5.56 Å². The fourth-order valence-electron chi connectivity index (χ4n) is 3.47. The molecule has 0 unspecified atom stereocenters. The highest BCUT2D eigenvalue weighted by molar-refractivity contribution is 7.18. The van der Waals surface area contributed by atoms with Gasteiger partial charge >= 0.3 is 0 Å². The van der Waals surface area contributed by atoms with Gasteiger partial charge in [-0.1, -0.05) is 27.2 Å². The smallest absolute Gasteiger partial charge is 0.259 e. The Hall–Kier alpha value is -1.20. The number of H-pyrrole nitrogens is 1. The molecule has 5 heteroatoms. The van der Waals surface area contributed by atoms with E-state index in [0.29, 0.717) is 5.92 Å². The van der Waals surface area contributed by atoms with Crippen LogP contribution < -0.4 is 5.56 Å². The molecule has 24 heavy (non-hydrogen) atoms. The summed E-state index contributed by atoms with van der Waals surface area (Å²) in [5.41, 5.74) is 1.25. The molecule has 4 nitrogen and oxygen atoms in total. The monoisotopic (exact) mass is 347 g/mol. The second kappa shape index (κ2) is 7.36. The number of fused-ring (bicyclic) bond motifs is 1. The molecule has 3 heterocycles. The molecule has 1 N–H and O–H groups in total. The van der Waals surface area contributed by atoms with E-state index in [4.69, 9.17) is 4.98 Å². The summed E-state index contributed by atoms with van der Waals surface area (Å²) in [5, 5.41) is 0.828. The molecule has 0 aromatic carbocycles. The first kappa shape index (κ1) is 17.6. The largest absolute Gasteiger partial charge is 0.309 e. The third-order valence-corrected chi connectivity index (χ3v) is 6.45. The van der Waals surface area contributed by atoms with Crippen LogP contribution in [0.4, 0.5) is 0 Å². The number of hydrogen-bond acceptors (Lipinski definition) is 4. The standard InChI is InChI=1S/C19H29N3OS/c1-5-12(2)10-15-14(4)24-19-17(15)18(23)20-16(21-19)11-22-8-6-13(3)7-9-22/h12-13H,5-11H2,1-4H3,(H,20,21,23)/t12-/m1/s1. The number of thiophene rings is 1. The van der Waals surface area contributed by atoms with Crippen LogP contribution >= 0.6 is 11.3 Å². The SMILES string of the molecule is CC[C@@H](C)Cc1c(C)sc2nc(CN3CCC(C)CC3)[nH]c(=O)c12. The number of aromatic nitrogens is 2. The molecule has 2 aromatic heterocycles. The predicted molar refractivity (Wildman–Crippen MR) is 102 cm³/mol. The number of rotatable bonds is 5. The molecule has 3 rings (SSSR count).